The monoisotopic (exact) mass is 427 g/mol. The number of anilines is 1. The first-order chi connectivity index (χ1) is 15.2. The van der Waals surface area contributed by atoms with Gasteiger partial charge in [0.05, 0.1) is 10.2 Å². The summed E-state index contributed by atoms with van der Waals surface area (Å²) < 4.78 is 1.18. The number of carbonyl (C=O) groups is 2. The standard InChI is InChI=1S/C25H21N3O2S/c29-23(18-6-2-1-3-7-18)19-10-12-20(13-11-19)24(30)27-14-16-28(17-15-27)25-26-21-8-4-5-9-22(21)31-25/h1-13H,14-17H2. The fourth-order valence-electron chi connectivity index (χ4n) is 3.80. The van der Waals surface area contributed by atoms with Gasteiger partial charge in [-0.05, 0) is 24.3 Å². The molecule has 1 aliphatic rings. The molecular formula is C25H21N3O2S. The largest absolute Gasteiger partial charge is 0.345 e. The second kappa shape index (κ2) is 8.32. The van der Waals surface area contributed by atoms with Gasteiger partial charge in [-0.3, -0.25) is 9.59 Å². The number of ketones is 1. The van der Waals surface area contributed by atoms with E-state index in [1.54, 1.807) is 47.7 Å². The lowest BCUT2D eigenvalue weighted by atomic mass is 10.0. The Morgan fingerprint density at radius 2 is 1.32 bits per heavy atom. The number of aromatic nitrogens is 1. The van der Waals surface area contributed by atoms with E-state index in [2.05, 4.69) is 11.0 Å². The van der Waals surface area contributed by atoms with E-state index in [4.69, 9.17) is 4.98 Å². The van der Waals surface area contributed by atoms with E-state index in [1.807, 2.05) is 41.3 Å². The van der Waals surface area contributed by atoms with Gasteiger partial charge in [0.2, 0.25) is 0 Å². The molecule has 154 valence electrons. The normalized spacial score (nSPS) is 14.1. The van der Waals surface area contributed by atoms with E-state index in [0.29, 0.717) is 29.8 Å². The van der Waals surface area contributed by atoms with Crippen molar-refractivity contribution in [3.63, 3.8) is 0 Å². The van der Waals surface area contributed by atoms with Crippen molar-refractivity contribution in [2.24, 2.45) is 0 Å². The van der Waals surface area contributed by atoms with E-state index in [9.17, 15) is 9.59 Å². The Kier molecular flexibility index (Phi) is 5.22. The average Bonchev–Trinajstić information content (AvgIpc) is 3.28. The van der Waals surface area contributed by atoms with Crippen LogP contribution in [0.15, 0.2) is 78.9 Å². The number of benzene rings is 3. The van der Waals surface area contributed by atoms with Crippen LogP contribution < -0.4 is 4.90 Å². The Balaban J connectivity index is 1.23. The quantitative estimate of drug-likeness (QED) is 0.451. The Labute approximate surface area is 184 Å². The van der Waals surface area contributed by atoms with Gasteiger partial charge in [-0.1, -0.05) is 65.9 Å². The van der Waals surface area contributed by atoms with Gasteiger partial charge in [0, 0.05) is 42.9 Å². The summed E-state index contributed by atoms with van der Waals surface area (Å²) in [5.41, 5.74) is 2.86. The summed E-state index contributed by atoms with van der Waals surface area (Å²) in [5, 5.41) is 1.01. The zero-order chi connectivity index (χ0) is 21.2. The highest BCUT2D eigenvalue weighted by Gasteiger charge is 2.24. The molecule has 0 bridgehead atoms. The topological polar surface area (TPSA) is 53.5 Å². The molecule has 5 rings (SSSR count). The maximum absolute atomic E-state index is 12.9. The SMILES string of the molecule is O=C(c1ccccc1)c1ccc(C(=O)N2CCN(c3nc4ccccc4s3)CC2)cc1. The fourth-order valence-corrected chi connectivity index (χ4v) is 4.82. The number of piperazine rings is 1. The van der Waals surface area contributed by atoms with Gasteiger partial charge in [0.25, 0.3) is 5.91 Å². The molecule has 0 saturated carbocycles. The number of hydrogen-bond acceptors (Lipinski definition) is 5. The van der Waals surface area contributed by atoms with Crippen molar-refractivity contribution in [2.45, 2.75) is 0 Å². The van der Waals surface area contributed by atoms with Gasteiger partial charge in [0.1, 0.15) is 0 Å². The molecule has 4 aromatic rings. The molecule has 0 unspecified atom stereocenters. The Morgan fingerprint density at radius 1 is 0.710 bits per heavy atom. The van der Waals surface area contributed by atoms with Crippen LogP contribution in [0.4, 0.5) is 5.13 Å². The molecule has 0 radical (unpaired) electrons. The summed E-state index contributed by atoms with van der Waals surface area (Å²) in [6.07, 6.45) is 0. The molecular weight excluding hydrogens is 406 g/mol. The number of carbonyl (C=O) groups excluding carboxylic acids is 2. The maximum Gasteiger partial charge on any atom is 0.253 e. The van der Waals surface area contributed by atoms with Crippen LogP contribution in [0.5, 0.6) is 0 Å². The van der Waals surface area contributed by atoms with Crippen LogP contribution in [0, 0.1) is 0 Å². The molecule has 31 heavy (non-hydrogen) atoms. The fraction of sp³-hybridized carbons (Fsp3) is 0.160. The van der Waals surface area contributed by atoms with E-state index >= 15 is 0 Å². The smallest absolute Gasteiger partial charge is 0.253 e. The zero-order valence-corrected chi connectivity index (χ0v) is 17.7. The van der Waals surface area contributed by atoms with E-state index in [1.165, 1.54) is 4.70 Å². The molecule has 2 heterocycles. The number of amides is 1. The van der Waals surface area contributed by atoms with Gasteiger partial charge in [-0.25, -0.2) is 4.98 Å². The number of rotatable bonds is 4. The molecule has 1 amide bonds. The first-order valence-electron chi connectivity index (χ1n) is 10.3. The van der Waals surface area contributed by atoms with E-state index in [0.717, 1.165) is 23.7 Å². The molecule has 0 spiro atoms. The lowest BCUT2D eigenvalue weighted by Crippen LogP contribution is -2.48. The third kappa shape index (κ3) is 3.94. The highest BCUT2D eigenvalue weighted by Crippen LogP contribution is 2.29. The van der Waals surface area contributed by atoms with Crippen LogP contribution in [0.3, 0.4) is 0 Å². The van der Waals surface area contributed by atoms with E-state index < -0.39 is 0 Å². The van der Waals surface area contributed by atoms with Crippen molar-refractivity contribution in [3.8, 4) is 0 Å². The number of thiazole rings is 1. The summed E-state index contributed by atoms with van der Waals surface area (Å²) in [7, 11) is 0. The van der Waals surface area contributed by atoms with Gasteiger partial charge in [-0.15, -0.1) is 0 Å². The first kappa shape index (κ1) is 19.5. The van der Waals surface area contributed by atoms with Crippen molar-refractivity contribution < 1.29 is 9.59 Å². The molecule has 0 aliphatic carbocycles. The van der Waals surface area contributed by atoms with Crippen LogP contribution in [0.1, 0.15) is 26.3 Å². The Bertz CT molecular complexity index is 1190. The Morgan fingerprint density at radius 3 is 2.03 bits per heavy atom. The Hall–Kier alpha value is -3.51. The molecule has 5 nitrogen and oxygen atoms in total. The van der Waals surface area contributed by atoms with Crippen molar-refractivity contribution in [1.82, 2.24) is 9.88 Å². The van der Waals surface area contributed by atoms with Crippen molar-refractivity contribution in [1.29, 1.82) is 0 Å². The second-order valence-corrected chi connectivity index (χ2v) is 8.53. The molecule has 1 fully saturated rings. The number of hydrogen-bond donors (Lipinski definition) is 0. The summed E-state index contributed by atoms with van der Waals surface area (Å²) in [6.45, 7) is 2.82. The zero-order valence-electron chi connectivity index (χ0n) is 16.9. The van der Waals surface area contributed by atoms with Crippen molar-refractivity contribution in [2.75, 3.05) is 31.1 Å². The molecule has 1 aliphatic heterocycles. The minimum Gasteiger partial charge on any atom is -0.345 e. The van der Waals surface area contributed by atoms with Gasteiger partial charge >= 0.3 is 0 Å². The molecule has 6 heteroatoms. The minimum absolute atomic E-state index is 0.00246. The third-order valence-corrected chi connectivity index (χ3v) is 6.65. The van der Waals surface area contributed by atoms with Crippen LogP contribution in [-0.4, -0.2) is 47.8 Å². The lowest BCUT2D eigenvalue weighted by Gasteiger charge is -2.34. The molecule has 0 N–H and O–H groups in total. The highest BCUT2D eigenvalue weighted by molar-refractivity contribution is 7.22. The number of para-hydroxylation sites is 1. The van der Waals surface area contributed by atoms with Crippen LogP contribution >= 0.6 is 11.3 Å². The molecule has 1 saturated heterocycles. The summed E-state index contributed by atoms with van der Waals surface area (Å²) in [5.74, 6) is -0.0355. The van der Waals surface area contributed by atoms with Crippen LogP contribution in [0.25, 0.3) is 10.2 Å². The maximum atomic E-state index is 12.9. The summed E-state index contributed by atoms with van der Waals surface area (Å²) in [4.78, 5) is 34.3. The van der Waals surface area contributed by atoms with Crippen LogP contribution in [0.2, 0.25) is 0 Å². The molecule has 3 aromatic carbocycles. The van der Waals surface area contributed by atoms with E-state index in [-0.39, 0.29) is 11.7 Å². The summed E-state index contributed by atoms with van der Waals surface area (Å²) in [6, 6.07) is 24.3. The lowest BCUT2D eigenvalue weighted by molar-refractivity contribution is 0.0746. The highest BCUT2D eigenvalue weighted by atomic mass is 32.1. The van der Waals surface area contributed by atoms with Crippen molar-refractivity contribution >= 4 is 38.4 Å². The molecule has 0 atom stereocenters. The minimum atomic E-state index is -0.0379. The third-order valence-electron chi connectivity index (χ3n) is 5.55. The van der Waals surface area contributed by atoms with Crippen LogP contribution in [-0.2, 0) is 0 Å². The number of fused-ring (bicyclic) bond motifs is 1. The second-order valence-electron chi connectivity index (χ2n) is 7.52. The van der Waals surface area contributed by atoms with Crippen molar-refractivity contribution in [3.05, 3.63) is 95.6 Å². The first-order valence-corrected chi connectivity index (χ1v) is 11.1. The number of nitrogens with zero attached hydrogens (tertiary/aromatic N) is 3. The predicted molar refractivity (Wildman–Crippen MR) is 124 cm³/mol. The van der Waals surface area contributed by atoms with Gasteiger partial charge in [-0.2, -0.15) is 0 Å². The van der Waals surface area contributed by atoms with Gasteiger partial charge in [0.15, 0.2) is 10.9 Å². The summed E-state index contributed by atoms with van der Waals surface area (Å²) >= 11 is 1.69. The molecule has 1 aromatic heterocycles. The average molecular weight is 428 g/mol. The predicted octanol–water partition coefficient (Wildman–Crippen LogP) is 4.49. The van der Waals surface area contributed by atoms with Gasteiger partial charge < -0.3 is 9.80 Å².